The Kier molecular flexibility index (Phi) is 7.71. The van der Waals surface area contributed by atoms with Gasteiger partial charge in [-0.15, -0.1) is 11.3 Å². The predicted molar refractivity (Wildman–Crippen MR) is 294 cm³/mol. The molecule has 0 N–H and O–H groups in total. The van der Waals surface area contributed by atoms with E-state index in [9.17, 15) is 0 Å². The van der Waals surface area contributed by atoms with Crippen LogP contribution < -0.4 is 15.7 Å². The lowest BCUT2D eigenvalue weighted by Gasteiger charge is -2.43. The maximum atomic E-state index is 6.86. The Morgan fingerprint density at radius 1 is 0.529 bits per heavy atom. The summed E-state index contributed by atoms with van der Waals surface area (Å²) in [6.07, 6.45) is 0. The van der Waals surface area contributed by atoms with E-state index in [1.165, 1.54) is 120 Å². The van der Waals surface area contributed by atoms with Crippen molar-refractivity contribution in [2.45, 2.75) is 97.8 Å². The Hall–Kier alpha value is -6.56. The molecule has 0 fully saturated rings. The Balaban J connectivity index is 1.22. The molecule has 3 nitrogen and oxygen atoms in total. The van der Waals surface area contributed by atoms with E-state index < -0.39 is 0 Å². The van der Waals surface area contributed by atoms with Gasteiger partial charge in [0.1, 0.15) is 11.2 Å². The first-order valence-electron chi connectivity index (χ1n) is 24.5. The van der Waals surface area contributed by atoms with Crippen LogP contribution in [0.15, 0.2) is 138 Å². The zero-order valence-corrected chi connectivity index (χ0v) is 41.8. The molecule has 5 heterocycles. The summed E-state index contributed by atoms with van der Waals surface area (Å²) in [4.78, 5) is 2.71. The molecule has 2 aliphatic heterocycles. The lowest BCUT2D eigenvalue weighted by Crippen LogP contribution is -2.60. The van der Waals surface area contributed by atoms with Crippen molar-refractivity contribution in [3.05, 3.63) is 161 Å². The van der Waals surface area contributed by atoms with Gasteiger partial charge in [0, 0.05) is 69.8 Å². The quantitative estimate of drug-likeness (QED) is 0.153. The smallest absolute Gasteiger partial charge is 0.333 e. The molecule has 0 radical (unpaired) electrons. The van der Waals surface area contributed by atoms with E-state index in [1.54, 1.807) is 0 Å². The first kappa shape index (κ1) is 40.5. The highest BCUT2D eigenvalue weighted by molar-refractivity contribution is 7.25. The van der Waals surface area contributed by atoms with Gasteiger partial charge in [-0.05, 0) is 132 Å². The number of aromatic nitrogens is 1. The van der Waals surface area contributed by atoms with Crippen LogP contribution >= 0.6 is 11.3 Å². The molecule has 14 rings (SSSR count). The molecule has 0 atom stereocenters. The van der Waals surface area contributed by atoms with Gasteiger partial charge in [0.15, 0.2) is 0 Å². The summed E-state index contributed by atoms with van der Waals surface area (Å²) in [5.41, 5.74) is 22.8. The Morgan fingerprint density at radius 2 is 1.19 bits per heavy atom. The van der Waals surface area contributed by atoms with Gasteiger partial charge in [0.2, 0.25) is 0 Å². The molecule has 8 aromatic carbocycles. The standard InChI is InChI=1S/C63H55BN2OS/c1-60(2,3)34-20-24-37(25-21-34)66-48-31-42-39-26-22-36(62(7,8)9)29-52(39)68-53(42)32-44(48)55-54-40-17-12-14-18-45(40)63(10,11)57(54)56-43-28-35(61(4,5)6)23-27-47(43)65-49-30-41-38-16-13-15-19-50(38)67-51(41)33-46(49)64(66)58(55)59(56)65/h12-33H,1-11H3. The molecule has 0 saturated heterocycles. The molecular weight excluding hydrogens is 844 g/mol. The maximum Gasteiger partial charge on any atom is 0.333 e. The average Bonchev–Trinajstić information content (AvgIpc) is 4.02. The van der Waals surface area contributed by atoms with Crippen molar-refractivity contribution in [3.63, 3.8) is 0 Å². The molecule has 3 aliphatic rings. The zero-order valence-electron chi connectivity index (χ0n) is 41.0. The second-order valence-electron chi connectivity index (χ2n) is 23.8. The number of hydrogen-bond donors (Lipinski definition) is 0. The van der Waals surface area contributed by atoms with E-state index in [4.69, 9.17) is 4.42 Å². The third kappa shape index (κ3) is 5.21. The van der Waals surface area contributed by atoms with Gasteiger partial charge in [-0.1, -0.05) is 149 Å². The first-order valence-corrected chi connectivity index (χ1v) is 25.3. The number of benzene rings is 8. The van der Waals surface area contributed by atoms with Gasteiger partial charge in [0.25, 0.3) is 0 Å². The van der Waals surface area contributed by atoms with E-state index >= 15 is 0 Å². The SMILES string of the molecule is CC(C)(C)c1ccc(N2B3c4cc5oc6ccccc6c5cc4-n4c5ccc(C(C)(C)C)cc5c5c6c(c(c3c54)-c3cc4sc5cc(C(C)(C)C)ccc5c4cc32)-c2ccccc2C6(C)C)cc1. The maximum absolute atomic E-state index is 6.86. The Labute approximate surface area is 403 Å². The van der Waals surface area contributed by atoms with Crippen molar-refractivity contribution in [2.75, 3.05) is 4.81 Å². The second-order valence-corrected chi connectivity index (χ2v) is 24.8. The summed E-state index contributed by atoms with van der Waals surface area (Å²) in [5.74, 6) is 0. The molecule has 332 valence electrons. The van der Waals surface area contributed by atoms with Crippen LogP contribution in [-0.2, 0) is 21.7 Å². The van der Waals surface area contributed by atoms with Crippen molar-refractivity contribution in [1.82, 2.24) is 4.57 Å². The summed E-state index contributed by atoms with van der Waals surface area (Å²) in [7, 11) is 0. The van der Waals surface area contributed by atoms with E-state index in [-0.39, 0.29) is 28.5 Å². The number of furan rings is 1. The molecule has 0 amide bonds. The molecule has 5 heteroatoms. The van der Waals surface area contributed by atoms with Gasteiger partial charge in [0.05, 0.1) is 11.0 Å². The van der Waals surface area contributed by atoms with Crippen molar-refractivity contribution in [3.8, 4) is 27.9 Å². The molecule has 0 spiro atoms. The molecule has 0 saturated carbocycles. The minimum absolute atomic E-state index is 0.0166. The van der Waals surface area contributed by atoms with Crippen molar-refractivity contribution in [1.29, 1.82) is 0 Å². The number of fused-ring (bicyclic) bond motifs is 19. The highest BCUT2D eigenvalue weighted by atomic mass is 32.1. The summed E-state index contributed by atoms with van der Waals surface area (Å²) >= 11 is 1.94. The first-order chi connectivity index (χ1) is 32.4. The van der Waals surface area contributed by atoms with Gasteiger partial charge < -0.3 is 13.8 Å². The lowest BCUT2D eigenvalue weighted by atomic mass is 9.43. The number of hydrogen-bond acceptors (Lipinski definition) is 3. The van der Waals surface area contributed by atoms with Crippen molar-refractivity contribution in [2.24, 2.45) is 0 Å². The van der Waals surface area contributed by atoms with Gasteiger partial charge in [-0.25, -0.2) is 0 Å². The fraction of sp³-hybridized carbons (Fsp3) is 0.238. The van der Waals surface area contributed by atoms with Crippen LogP contribution in [0.4, 0.5) is 11.4 Å². The molecule has 0 unspecified atom stereocenters. The number of nitrogens with zero attached hydrogens (tertiary/aromatic N) is 2. The number of para-hydroxylation sites is 1. The third-order valence-electron chi connectivity index (χ3n) is 16.2. The number of anilines is 2. The minimum atomic E-state index is -0.260. The number of rotatable bonds is 1. The number of thiophene rings is 1. The van der Waals surface area contributed by atoms with Crippen LogP contribution in [0, 0.1) is 0 Å². The molecule has 68 heavy (non-hydrogen) atoms. The van der Waals surface area contributed by atoms with Gasteiger partial charge in [-0.2, -0.15) is 0 Å². The highest BCUT2D eigenvalue weighted by Gasteiger charge is 2.50. The van der Waals surface area contributed by atoms with Gasteiger partial charge >= 0.3 is 6.85 Å². The van der Waals surface area contributed by atoms with Crippen LogP contribution in [0.1, 0.15) is 104 Å². The van der Waals surface area contributed by atoms with E-state index in [2.05, 4.69) is 219 Å². The van der Waals surface area contributed by atoms with Crippen LogP contribution in [0.25, 0.3) is 91.9 Å². The predicted octanol–water partition coefficient (Wildman–Crippen LogP) is 16.5. The fourth-order valence-corrected chi connectivity index (χ4v) is 13.8. The molecule has 0 bridgehead atoms. The topological polar surface area (TPSA) is 21.3 Å². The van der Waals surface area contributed by atoms with Crippen LogP contribution in [0.5, 0.6) is 0 Å². The molecule has 3 aromatic heterocycles. The van der Waals surface area contributed by atoms with E-state index in [1.807, 2.05) is 11.3 Å². The zero-order chi connectivity index (χ0) is 46.7. The summed E-state index contributed by atoms with van der Waals surface area (Å²) in [5, 5.41) is 7.65. The van der Waals surface area contributed by atoms with E-state index in [0.29, 0.717) is 0 Å². The normalized spacial score (nSPS) is 15.0. The van der Waals surface area contributed by atoms with Crippen molar-refractivity contribution < 1.29 is 4.42 Å². The monoisotopic (exact) mass is 898 g/mol. The largest absolute Gasteiger partial charge is 0.456 e. The summed E-state index contributed by atoms with van der Waals surface area (Å²) in [6, 6.07) is 51.9. The molecule has 11 aromatic rings. The highest BCUT2D eigenvalue weighted by Crippen LogP contribution is 2.60. The minimum Gasteiger partial charge on any atom is -0.456 e. The fourth-order valence-electron chi connectivity index (χ4n) is 12.7. The lowest BCUT2D eigenvalue weighted by molar-refractivity contribution is 0.590. The average molecular weight is 899 g/mol. The molecule has 1 aliphatic carbocycles. The summed E-state index contributed by atoms with van der Waals surface area (Å²) in [6.45, 7) is 25.8. The third-order valence-corrected chi connectivity index (χ3v) is 17.3. The van der Waals surface area contributed by atoms with Crippen LogP contribution in [0.3, 0.4) is 0 Å². The Bertz CT molecular complexity index is 4060. The molecular formula is C63H55BN2OS. The summed E-state index contributed by atoms with van der Waals surface area (Å²) < 4.78 is 12.2. The second kappa shape index (κ2) is 12.9. The van der Waals surface area contributed by atoms with Gasteiger partial charge in [-0.3, -0.25) is 0 Å². The van der Waals surface area contributed by atoms with Crippen molar-refractivity contribution >= 4 is 104 Å². The van der Waals surface area contributed by atoms with Crippen LogP contribution in [0.2, 0.25) is 0 Å². The Morgan fingerprint density at radius 3 is 1.96 bits per heavy atom. The van der Waals surface area contributed by atoms with Crippen LogP contribution in [-0.4, -0.2) is 11.4 Å². The van der Waals surface area contributed by atoms with E-state index in [0.717, 1.165) is 21.9 Å².